The number of hydrogen-bond donors (Lipinski definition) is 0. The molecular weight excluding hydrogens is 324 g/mol. The predicted molar refractivity (Wildman–Crippen MR) is 94.6 cm³/mol. The first-order chi connectivity index (χ1) is 12.3. The molecule has 1 aliphatic heterocycles. The molecule has 0 aromatic rings. The van der Waals surface area contributed by atoms with E-state index in [0.29, 0.717) is 26.4 Å². The molecule has 0 N–H and O–H groups in total. The number of carbonyl (C=O) groups excluding carboxylic acids is 2. The van der Waals surface area contributed by atoms with Gasteiger partial charge in [0.05, 0.1) is 26.4 Å². The first kappa shape index (κ1) is 21.6. The van der Waals surface area contributed by atoms with E-state index in [1.54, 1.807) is 0 Å². The van der Waals surface area contributed by atoms with Crippen molar-refractivity contribution < 1.29 is 28.5 Å². The summed E-state index contributed by atoms with van der Waals surface area (Å²) >= 11 is 0. The fourth-order valence-corrected chi connectivity index (χ4v) is 2.70. The zero-order valence-corrected chi connectivity index (χ0v) is 15.5. The Balaban J connectivity index is 2.16. The third kappa shape index (κ3) is 14.6. The molecule has 1 fully saturated rings. The van der Waals surface area contributed by atoms with E-state index in [1.165, 1.54) is 0 Å². The maximum absolute atomic E-state index is 11.4. The molecule has 0 bridgehead atoms. The molecule has 6 nitrogen and oxygen atoms in total. The minimum atomic E-state index is -0.541. The van der Waals surface area contributed by atoms with Crippen molar-refractivity contribution in [2.45, 2.75) is 83.5 Å². The van der Waals surface area contributed by atoms with Gasteiger partial charge in [0, 0.05) is 0 Å². The molecule has 6 heteroatoms. The smallest absolute Gasteiger partial charge is 0.434 e. The standard InChI is InChI=1S/C19H34O6/c20-18-22-14-10-6-2-1-3-7-11-15-23-19(21)25-17-13-9-5-4-8-12-16-24-18/h1-17H2. The van der Waals surface area contributed by atoms with Crippen LogP contribution in [0.1, 0.15) is 83.5 Å². The average Bonchev–Trinajstić information content (AvgIpc) is 2.60. The van der Waals surface area contributed by atoms with E-state index in [4.69, 9.17) is 18.9 Å². The number of carbonyl (C=O) groups is 2. The zero-order chi connectivity index (χ0) is 18.0. The van der Waals surface area contributed by atoms with Gasteiger partial charge in [0.2, 0.25) is 0 Å². The lowest BCUT2D eigenvalue weighted by Crippen LogP contribution is -2.09. The van der Waals surface area contributed by atoms with Crippen molar-refractivity contribution >= 4 is 12.3 Å². The van der Waals surface area contributed by atoms with Gasteiger partial charge in [-0.2, -0.15) is 0 Å². The van der Waals surface area contributed by atoms with E-state index in [1.807, 2.05) is 0 Å². The van der Waals surface area contributed by atoms with Gasteiger partial charge in [-0.1, -0.05) is 57.8 Å². The second-order valence-corrected chi connectivity index (χ2v) is 6.49. The lowest BCUT2D eigenvalue weighted by atomic mass is 10.1. The SMILES string of the molecule is O=C1OCCCCCCCCCOC(=O)OCCCCCCCCO1. The summed E-state index contributed by atoms with van der Waals surface area (Å²) in [6.07, 6.45) is 12.1. The quantitative estimate of drug-likeness (QED) is 0.542. The first-order valence-electron chi connectivity index (χ1n) is 9.88. The van der Waals surface area contributed by atoms with Crippen LogP contribution in [0.5, 0.6) is 0 Å². The van der Waals surface area contributed by atoms with Gasteiger partial charge in [-0.15, -0.1) is 0 Å². The minimum Gasteiger partial charge on any atom is -0.434 e. The molecule has 0 radical (unpaired) electrons. The first-order valence-corrected chi connectivity index (χ1v) is 9.88. The van der Waals surface area contributed by atoms with Crippen molar-refractivity contribution in [2.24, 2.45) is 0 Å². The number of hydrogen-bond acceptors (Lipinski definition) is 6. The Kier molecular flexibility index (Phi) is 13.8. The van der Waals surface area contributed by atoms with Gasteiger partial charge in [-0.05, 0) is 25.7 Å². The van der Waals surface area contributed by atoms with E-state index in [-0.39, 0.29) is 0 Å². The van der Waals surface area contributed by atoms with Gasteiger partial charge in [-0.25, -0.2) is 9.59 Å². The van der Waals surface area contributed by atoms with Crippen LogP contribution in [0.25, 0.3) is 0 Å². The Morgan fingerprint density at radius 1 is 0.360 bits per heavy atom. The molecule has 1 heterocycles. The second-order valence-electron chi connectivity index (χ2n) is 6.49. The highest BCUT2D eigenvalue weighted by molar-refractivity contribution is 5.60. The molecule has 0 amide bonds. The average molecular weight is 358 g/mol. The molecule has 1 saturated heterocycles. The van der Waals surface area contributed by atoms with Gasteiger partial charge < -0.3 is 18.9 Å². The highest BCUT2D eigenvalue weighted by atomic mass is 16.7. The third-order valence-electron chi connectivity index (χ3n) is 4.21. The van der Waals surface area contributed by atoms with Crippen LogP contribution in [0, 0.1) is 0 Å². The summed E-state index contributed by atoms with van der Waals surface area (Å²) in [6, 6.07) is 0. The van der Waals surface area contributed by atoms with Crippen molar-refractivity contribution in [1.82, 2.24) is 0 Å². The lowest BCUT2D eigenvalue weighted by Gasteiger charge is -2.06. The fraction of sp³-hybridized carbons (Fsp3) is 0.895. The van der Waals surface area contributed by atoms with Crippen molar-refractivity contribution in [3.8, 4) is 0 Å². The summed E-state index contributed by atoms with van der Waals surface area (Å²) in [5.74, 6) is 0. The summed E-state index contributed by atoms with van der Waals surface area (Å²) in [5.41, 5.74) is 0. The Morgan fingerprint density at radius 2 is 0.560 bits per heavy atom. The minimum absolute atomic E-state index is 0.424. The van der Waals surface area contributed by atoms with Crippen LogP contribution in [-0.2, 0) is 18.9 Å². The van der Waals surface area contributed by atoms with Crippen LogP contribution in [-0.4, -0.2) is 38.7 Å². The summed E-state index contributed by atoms with van der Waals surface area (Å²) in [7, 11) is 0. The molecule has 0 atom stereocenters. The van der Waals surface area contributed by atoms with Crippen LogP contribution in [0.4, 0.5) is 9.59 Å². The summed E-state index contributed by atoms with van der Waals surface area (Å²) in [6.45, 7) is 1.73. The fourth-order valence-electron chi connectivity index (χ4n) is 2.70. The molecule has 0 saturated carbocycles. The van der Waals surface area contributed by atoms with E-state index in [9.17, 15) is 9.59 Å². The largest absolute Gasteiger partial charge is 0.508 e. The molecule has 0 aromatic carbocycles. The summed E-state index contributed by atoms with van der Waals surface area (Å²) in [5, 5.41) is 0. The lowest BCUT2D eigenvalue weighted by molar-refractivity contribution is 0.0516. The Bertz CT molecular complexity index is 313. The van der Waals surface area contributed by atoms with E-state index in [0.717, 1.165) is 83.5 Å². The van der Waals surface area contributed by atoms with Crippen LogP contribution < -0.4 is 0 Å². The Morgan fingerprint density at radius 3 is 0.800 bits per heavy atom. The summed E-state index contributed by atoms with van der Waals surface area (Å²) in [4.78, 5) is 22.8. The number of ether oxygens (including phenoxy) is 4. The normalized spacial score (nSPS) is 21.9. The molecule has 0 unspecified atom stereocenters. The van der Waals surface area contributed by atoms with Crippen LogP contribution >= 0.6 is 0 Å². The molecule has 1 aliphatic rings. The third-order valence-corrected chi connectivity index (χ3v) is 4.21. The molecule has 0 spiro atoms. The molecule has 0 aromatic heterocycles. The predicted octanol–water partition coefficient (Wildman–Crippen LogP) is 5.38. The van der Waals surface area contributed by atoms with E-state index < -0.39 is 12.3 Å². The van der Waals surface area contributed by atoms with Crippen LogP contribution in [0.15, 0.2) is 0 Å². The Labute approximate surface area is 151 Å². The Hall–Kier alpha value is -1.46. The molecular formula is C19H34O6. The number of cyclic esters (lactones) is 4. The van der Waals surface area contributed by atoms with Crippen molar-refractivity contribution in [2.75, 3.05) is 26.4 Å². The zero-order valence-electron chi connectivity index (χ0n) is 15.5. The van der Waals surface area contributed by atoms with Gasteiger partial charge in [0.15, 0.2) is 0 Å². The monoisotopic (exact) mass is 358 g/mol. The molecule has 25 heavy (non-hydrogen) atoms. The van der Waals surface area contributed by atoms with Crippen molar-refractivity contribution in [1.29, 1.82) is 0 Å². The van der Waals surface area contributed by atoms with Crippen LogP contribution in [0.3, 0.4) is 0 Å². The molecule has 0 aliphatic carbocycles. The van der Waals surface area contributed by atoms with Crippen LogP contribution in [0.2, 0.25) is 0 Å². The number of rotatable bonds is 0. The van der Waals surface area contributed by atoms with Gasteiger partial charge in [0.25, 0.3) is 0 Å². The molecule has 146 valence electrons. The highest BCUT2D eigenvalue weighted by Crippen LogP contribution is 2.09. The van der Waals surface area contributed by atoms with E-state index >= 15 is 0 Å². The van der Waals surface area contributed by atoms with Gasteiger partial charge in [-0.3, -0.25) is 0 Å². The van der Waals surface area contributed by atoms with E-state index in [2.05, 4.69) is 0 Å². The maximum atomic E-state index is 11.4. The van der Waals surface area contributed by atoms with Gasteiger partial charge in [0.1, 0.15) is 0 Å². The topological polar surface area (TPSA) is 71.1 Å². The maximum Gasteiger partial charge on any atom is 0.508 e. The summed E-state index contributed by atoms with van der Waals surface area (Å²) < 4.78 is 20.2. The highest BCUT2D eigenvalue weighted by Gasteiger charge is 2.05. The van der Waals surface area contributed by atoms with Gasteiger partial charge >= 0.3 is 12.3 Å². The van der Waals surface area contributed by atoms with Crippen molar-refractivity contribution in [3.05, 3.63) is 0 Å². The second kappa shape index (κ2) is 16.0. The van der Waals surface area contributed by atoms with Crippen molar-refractivity contribution in [3.63, 3.8) is 0 Å². The molecule has 1 rings (SSSR count).